The van der Waals surface area contributed by atoms with Crippen molar-refractivity contribution in [3.05, 3.63) is 81.4 Å². The minimum Gasteiger partial charge on any atom is -0.463 e. The summed E-state index contributed by atoms with van der Waals surface area (Å²) in [5, 5.41) is 0. The molecule has 0 unspecified atom stereocenters. The maximum atomic E-state index is 13.2. The normalized spacial score (nSPS) is 14.7. The molecule has 0 atom stereocenters. The van der Waals surface area contributed by atoms with E-state index in [1.54, 1.807) is 13.8 Å². The first-order valence-corrected chi connectivity index (χ1v) is 15.5. The van der Waals surface area contributed by atoms with Crippen LogP contribution in [0.15, 0.2) is 47.5 Å². The first-order chi connectivity index (χ1) is 21.3. The number of aromatic amines is 2. The smallest absolute Gasteiger partial charge is 0.334 e. The van der Waals surface area contributed by atoms with Gasteiger partial charge < -0.3 is 19.4 Å². The van der Waals surface area contributed by atoms with Crippen LogP contribution in [0.4, 0.5) is 0 Å². The highest BCUT2D eigenvalue weighted by atomic mass is 16.5. The van der Waals surface area contributed by atoms with Crippen LogP contribution in [0.5, 0.6) is 0 Å². The second-order valence-electron chi connectivity index (χ2n) is 11.3. The van der Waals surface area contributed by atoms with Gasteiger partial charge in [0.1, 0.15) is 0 Å². The van der Waals surface area contributed by atoms with Crippen LogP contribution in [-0.4, -0.2) is 45.1 Å². The fourth-order valence-corrected chi connectivity index (χ4v) is 6.50. The van der Waals surface area contributed by atoms with Crippen molar-refractivity contribution in [2.45, 2.75) is 67.2 Å². The van der Waals surface area contributed by atoms with Gasteiger partial charge in [-0.1, -0.05) is 13.8 Å². The fraction of sp³-hybridized carbons (Fsp3) is 0.333. The summed E-state index contributed by atoms with van der Waals surface area (Å²) < 4.78 is 10.8. The molecule has 44 heavy (non-hydrogen) atoms. The third-order valence-corrected chi connectivity index (χ3v) is 8.76. The monoisotopic (exact) mass is 590 g/mol. The van der Waals surface area contributed by atoms with Gasteiger partial charge in [0.25, 0.3) is 0 Å². The number of aryl methyl sites for hydroxylation is 2. The maximum Gasteiger partial charge on any atom is 0.334 e. The summed E-state index contributed by atoms with van der Waals surface area (Å²) >= 11 is 0. The van der Waals surface area contributed by atoms with Crippen LogP contribution < -0.4 is 0 Å². The van der Waals surface area contributed by atoms with Gasteiger partial charge in [-0.15, -0.1) is 0 Å². The van der Waals surface area contributed by atoms with Crippen LogP contribution >= 0.6 is 0 Å². The Morgan fingerprint density at radius 2 is 1.30 bits per heavy atom. The lowest BCUT2D eigenvalue weighted by Gasteiger charge is -2.20. The number of ether oxygens (including phenoxy) is 2. The third-order valence-electron chi connectivity index (χ3n) is 8.76. The highest BCUT2D eigenvalue weighted by Gasteiger charge is 2.34. The summed E-state index contributed by atoms with van der Waals surface area (Å²) in [6.45, 7) is 12.5. The van der Waals surface area contributed by atoms with Crippen molar-refractivity contribution in [1.82, 2.24) is 19.9 Å². The van der Waals surface area contributed by atoms with Gasteiger partial charge in [0, 0.05) is 34.9 Å². The number of aromatic nitrogens is 4. The number of nitrogens with zero attached hydrogens (tertiary/aromatic N) is 2. The zero-order valence-electron chi connectivity index (χ0n) is 26.2. The number of nitrogens with one attached hydrogen (secondary N) is 2. The number of H-pyrrole nitrogens is 2. The summed E-state index contributed by atoms with van der Waals surface area (Å²) in [6.07, 6.45) is 2.11. The van der Waals surface area contributed by atoms with E-state index in [0.29, 0.717) is 11.1 Å². The number of hydrogen-bond acceptors (Lipinski definition) is 6. The average molecular weight is 591 g/mol. The Morgan fingerprint density at radius 3 is 1.89 bits per heavy atom. The Kier molecular flexibility index (Phi) is 7.84. The molecule has 0 saturated heterocycles. The van der Waals surface area contributed by atoms with E-state index in [9.17, 15) is 9.59 Å². The molecule has 0 fully saturated rings. The molecule has 8 heteroatoms. The van der Waals surface area contributed by atoms with Gasteiger partial charge >= 0.3 is 11.9 Å². The van der Waals surface area contributed by atoms with Gasteiger partial charge in [0.2, 0.25) is 0 Å². The van der Waals surface area contributed by atoms with Crippen molar-refractivity contribution in [2.24, 2.45) is 0 Å². The standard InChI is InChI=1S/C36H38N4O4/c1-7-23-19(5)29-13-21-11-12-22(37-21)14-30-20(6)24(8-2)32(39-30)18-34-26-16-28(36(42)44-10-4)27(35(41)43-9-3)15-25(26)33(40-34)17-31(23)38-29/h11-14,17-18,37-38H,7-10,15-16H2,1-6H3. The molecule has 8 bridgehead atoms. The van der Waals surface area contributed by atoms with Crippen molar-refractivity contribution in [1.29, 1.82) is 0 Å². The number of carbonyl (C=O) groups is 2. The lowest BCUT2D eigenvalue weighted by Crippen LogP contribution is -2.20. The van der Waals surface area contributed by atoms with E-state index < -0.39 is 11.9 Å². The lowest BCUT2D eigenvalue weighted by molar-refractivity contribution is -0.142. The minimum atomic E-state index is -0.496. The molecule has 0 radical (unpaired) electrons. The minimum absolute atomic E-state index is 0.214. The van der Waals surface area contributed by atoms with Crippen molar-refractivity contribution >= 4 is 56.3 Å². The average Bonchev–Trinajstić information content (AvgIpc) is 3.74. The molecule has 6 rings (SSSR count). The Balaban J connectivity index is 1.67. The summed E-state index contributed by atoms with van der Waals surface area (Å²) in [7, 11) is 0. The SMILES string of the molecule is CCOC(=O)C1=C(C(=O)OCC)CC2=C(C1)c1cc3nc(cc4ccc(cc5[nH]c(cc2n1)c(CC)c5C)[nH]4)C(C)=C3CC. The molecule has 0 aromatic carbocycles. The Bertz CT molecular complexity index is 1970. The van der Waals surface area contributed by atoms with Gasteiger partial charge in [-0.3, -0.25) is 0 Å². The number of hydrogen-bond donors (Lipinski definition) is 2. The quantitative estimate of drug-likeness (QED) is 0.285. The Labute approximate surface area is 256 Å². The van der Waals surface area contributed by atoms with Crippen molar-refractivity contribution in [3.8, 4) is 0 Å². The third kappa shape index (κ3) is 5.08. The second-order valence-corrected chi connectivity index (χ2v) is 11.3. The molecule has 8 nitrogen and oxygen atoms in total. The van der Waals surface area contributed by atoms with E-state index in [-0.39, 0.29) is 26.1 Å². The maximum absolute atomic E-state index is 13.2. The van der Waals surface area contributed by atoms with Gasteiger partial charge in [-0.25, -0.2) is 19.6 Å². The first kappa shape index (κ1) is 29.4. The number of allylic oxidation sites excluding steroid dienone is 4. The predicted octanol–water partition coefficient (Wildman–Crippen LogP) is 7.65. The Morgan fingerprint density at radius 1 is 0.705 bits per heavy atom. The van der Waals surface area contributed by atoms with Crippen LogP contribution in [0.25, 0.3) is 44.4 Å². The van der Waals surface area contributed by atoms with Gasteiger partial charge in [-0.2, -0.15) is 0 Å². The molecule has 0 saturated carbocycles. The molecule has 3 aromatic heterocycles. The van der Waals surface area contributed by atoms with E-state index in [0.717, 1.165) is 80.0 Å². The Hall–Kier alpha value is -4.72. The molecule has 0 amide bonds. The summed E-state index contributed by atoms with van der Waals surface area (Å²) in [6, 6.07) is 12.5. The molecule has 1 aliphatic carbocycles. The van der Waals surface area contributed by atoms with Crippen LogP contribution in [0.1, 0.15) is 87.8 Å². The topological polar surface area (TPSA) is 110 Å². The molecule has 5 heterocycles. The molecule has 2 N–H and O–H groups in total. The highest BCUT2D eigenvalue weighted by Crippen LogP contribution is 2.45. The first-order valence-electron chi connectivity index (χ1n) is 15.5. The van der Waals surface area contributed by atoms with Gasteiger partial charge in [0.05, 0.1) is 47.1 Å². The molecule has 2 aliphatic heterocycles. The zero-order chi connectivity index (χ0) is 31.1. The van der Waals surface area contributed by atoms with Crippen molar-refractivity contribution in [2.75, 3.05) is 13.2 Å². The molecule has 0 spiro atoms. The molecule has 3 aliphatic rings. The van der Waals surface area contributed by atoms with E-state index in [4.69, 9.17) is 19.4 Å². The predicted molar refractivity (Wildman–Crippen MR) is 174 cm³/mol. The number of carbonyl (C=O) groups excluding carboxylic acids is 2. The lowest BCUT2D eigenvalue weighted by atomic mass is 9.84. The molecular formula is C36H38N4O4. The highest BCUT2D eigenvalue weighted by molar-refractivity contribution is 6.09. The van der Waals surface area contributed by atoms with E-state index in [1.807, 2.05) is 6.07 Å². The van der Waals surface area contributed by atoms with Crippen LogP contribution in [0, 0.1) is 6.92 Å². The largest absolute Gasteiger partial charge is 0.463 e. The number of fused-ring (bicyclic) bond motifs is 10. The molecule has 226 valence electrons. The zero-order valence-corrected chi connectivity index (χ0v) is 26.2. The van der Waals surface area contributed by atoms with Crippen molar-refractivity contribution in [3.63, 3.8) is 0 Å². The summed E-state index contributed by atoms with van der Waals surface area (Å²) in [5.74, 6) is -0.990. The van der Waals surface area contributed by atoms with E-state index >= 15 is 0 Å². The fourth-order valence-electron chi connectivity index (χ4n) is 6.50. The summed E-state index contributed by atoms with van der Waals surface area (Å²) in [5.41, 5.74) is 14.4. The van der Waals surface area contributed by atoms with Crippen LogP contribution in [-0.2, 0) is 25.5 Å². The number of esters is 2. The van der Waals surface area contributed by atoms with Crippen LogP contribution in [0.2, 0.25) is 0 Å². The second kappa shape index (κ2) is 11.8. The van der Waals surface area contributed by atoms with E-state index in [1.165, 1.54) is 11.1 Å². The molecular weight excluding hydrogens is 552 g/mol. The molecule has 3 aromatic rings. The van der Waals surface area contributed by atoms with Gasteiger partial charge in [0.15, 0.2) is 0 Å². The number of rotatable bonds is 6. The van der Waals surface area contributed by atoms with Crippen LogP contribution in [0.3, 0.4) is 0 Å². The van der Waals surface area contributed by atoms with E-state index in [2.05, 4.69) is 68.0 Å². The van der Waals surface area contributed by atoms with Gasteiger partial charge in [-0.05, 0) is 110 Å². The van der Waals surface area contributed by atoms with Crippen molar-refractivity contribution < 1.29 is 19.1 Å². The summed E-state index contributed by atoms with van der Waals surface area (Å²) in [4.78, 5) is 43.7.